The number of likely N-dealkylation sites (tertiary alicyclic amines) is 1. The molecule has 1 amide bonds. The van der Waals surface area contributed by atoms with Gasteiger partial charge in [0, 0.05) is 25.2 Å². The second-order valence-electron chi connectivity index (χ2n) is 3.58. The van der Waals surface area contributed by atoms with E-state index in [-0.39, 0.29) is 12.0 Å². The summed E-state index contributed by atoms with van der Waals surface area (Å²) in [5.74, 6) is -1.43. The third-order valence-corrected chi connectivity index (χ3v) is 2.38. The average molecular weight is 213 g/mol. The predicted molar refractivity (Wildman–Crippen MR) is 53.2 cm³/mol. The van der Waals surface area contributed by atoms with Crippen molar-refractivity contribution in [2.75, 3.05) is 13.1 Å². The normalized spacial score (nSPS) is 22.7. The minimum atomic E-state index is -1.13. The molecule has 0 aromatic heterocycles. The van der Waals surface area contributed by atoms with E-state index >= 15 is 0 Å². The number of hydrogen-bond acceptors (Lipinski definition) is 3. The monoisotopic (exact) mass is 213 g/mol. The highest BCUT2D eigenvalue weighted by molar-refractivity contribution is 5.93. The molecule has 0 aliphatic carbocycles. The Morgan fingerprint density at radius 1 is 1.20 bits per heavy atom. The highest BCUT2D eigenvalue weighted by Crippen LogP contribution is 2.10. The molecule has 0 aromatic carbocycles. The first-order valence-corrected chi connectivity index (χ1v) is 4.97. The van der Waals surface area contributed by atoms with Gasteiger partial charge in [0.25, 0.3) is 0 Å². The van der Waals surface area contributed by atoms with E-state index < -0.39 is 5.97 Å². The lowest BCUT2D eigenvalue weighted by Crippen LogP contribution is -2.30. The van der Waals surface area contributed by atoms with Crippen LogP contribution in [0.1, 0.15) is 19.3 Å². The Hall–Kier alpha value is -1.36. The van der Waals surface area contributed by atoms with Crippen molar-refractivity contribution in [2.45, 2.75) is 25.4 Å². The van der Waals surface area contributed by atoms with Crippen LogP contribution in [-0.2, 0) is 9.59 Å². The zero-order valence-electron chi connectivity index (χ0n) is 8.43. The summed E-state index contributed by atoms with van der Waals surface area (Å²) < 4.78 is 0. The Balaban J connectivity index is 2.48. The zero-order valence-corrected chi connectivity index (χ0v) is 8.43. The van der Waals surface area contributed by atoms with Crippen LogP contribution in [-0.4, -0.2) is 46.2 Å². The minimum absolute atomic E-state index is 0.300. The molecule has 0 spiro atoms. The largest absolute Gasteiger partial charge is 0.478 e. The number of nitrogens with zero attached hydrogens (tertiary/aromatic N) is 1. The Morgan fingerprint density at radius 2 is 1.93 bits per heavy atom. The SMILES string of the molecule is O=C(O)/C=C/C(=O)N1CCCC(O)CC1. The molecule has 1 saturated heterocycles. The third-order valence-electron chi connectivity index (χ3n) is 2.38. The van der Waals surface area contributed by atoms with Crippen LogP contribution in [0, 0.1) is 0 Å². The average Bonchev–Trinajstić information content (AvgIpc) is 2.39. The summed E-state index contributed by atoms with van der Waals surface area (Å²) in [7, 11) is 0. The summed E-state index contributed by atoms with van der Waals surface area (Å²) in [6, 6.07) is 0. The molecule has 0 radical (unpaired) electrons. The number of carbonyl (C=O) groups excluding carboxylic acids is 1. The molecule has 15 heavy (non-hydrogen) atoms. The summed E-state index contributed by atoms with van der Waals surface area (Å²) >= 11 is 0. The highest BCUT2D eigenvalue weighted by Gasteiger charge is 2.17. The number of hydrogen-bond donors (Lipinski definition) is 2. The van der Waals surface area contributed by atoms with Gasteiger partial charge in [-0.3, -0.25) is 4.79 Å². The molecule has 1 unspecified atom stereocenters. The number of aliphatic hydroxyl groups excluding tert-OH is 1. The van der Waals surface area contributed by atoms with Gasteiger partial charge in [0.1, 0.15) is 0 Å². The Labute approximate surface area is 88.0 Å². The quantitative estimate of drug-likeness (QED) is 0.633. The topological polar surface area (TPSA) is 77.8 Å². The van der Waals surface area contributed by atoms with Crippen LogP contribution < -0.4 is 0 Å². The number of rotatable bonds is 2. The van der Waals surface area contributed by atoms with Crippen molar-refractivity contribution in [1.82, 2.24) is 4.90 Å². The van der Waals surface area contributed by atoms with E-state index in [1.54, 1.807) is 4.90 Å². The second kappa shape index (κ2) is 5.50. The van der Waals surface area contributed by atoms with Crippen molar-refractivity contribution in [3.05, 3.63) is 12.2 Å². The number of carboxylic acid groups (broad SMARTS) is 1. The first-order valence-electron chi connectivity index (χ1n) is 4.97. The number of carboxylic acids is 1. The van der Waals surface area contributed by atoms with E-state index in [9.17, 15) is 14.7 Å². The van der Waals surface area contributed by atoms with Gasteiger partial charge >= 0.3 is 5.97 Å². The van der Waals surface area contributed by atoms with Crippen molar-refractivity contribution in [3.63, 3.8) is 0 Å². The fraction of sp³-hybridized carbons (Fsp3) is 0.600. The standard InChI is InChI=1S/C10H15NO4/c12-8-2-1-6-11(7-5-8)9(13)3-4-10(14)15/h3-4,8,12H,1-2,5-7H2,(H,14,15)/b4-3+. The molecule has 1 rings (SSSR count). The van der Waals surface area contributed by atoms with Crippen molar-refractivity contribution in [2.24, 2.45) is 0 Å². The first kappa shape index (κ1) is 11.7. The van der Waals surface area contributed by atoms with E-state index in [0.717, 1.165) is 18.6 Å². The van der Waals surface area contributed by atoms with Crippen LogP contribution in [0.3, 0.4) is 0 Å². The summed E-state index contributed by atoms with van der Waals surface area (Å²) in [4.78, 5) is 23.2. The van der Waals surface area contributed by atoms with Gasteiger partial charge in [-0.25, -0.2) is 4.79 Å². The number of aliphatic carboxylic acids is 1. The molecule has 1 heterocycles. The second-order valence-corrected chi connectivity index (χ2v) is 3.58. The lowest BCUT2D eigenvalue weighted by atomic mass is 10.2. The molecule has 0 bridgehead atoms. The molecule has 0 aromatic rings. The summed E-state index contributed by atoms with van der Waals surface area (Å²) in [6.07, 6.45) is 3.57. The van der Waals surface area contributed by atoms with Gasteiger partial charge in [0.15, 0.2) is 0 Å². The molecule has 2 N–H and O–H groups in total. The van der Waals surface area contributed by atoms with E-state index in [1.807, 2.05) is 0 Å². The summed E-state index contributed by atoms with van der Waals surface area (Å²) in [6.45, 7) is 1.07. The Kier molecular flexibility index (Phi) is 4.30. The molecule has 84 valence electrons. The van der Waals surface area contributed by atoms with Gasteiger partial charge in [-0.1, -0.05) is 0 Å². The van der Waals surface area contributed by atoms with E-state index in [2.05, 4.69) is 0 Å². The maximum atomic E-state index is 11.5. The number of amides is 1. The van der Waals surface area contributed by atoms with Crippen LogP contribution >= 0.6 is 0 Å². The minimum Gasteiger partial charge on any atom is -0.478 e. The molecular formula is C10H15NO4. The maximum absolute atomic E-state index is 11.5. The van der Waals surface area contributed by atoms with Gasteiger partial charge in [-0.05, 0) is 19.3 Å². The molecule has 1 aliphatic rings. The molecule has 0 saturated carbocycles. The van der Waals surface area contributed by atoms with Gasteiger partial charge in [-0.15, -0.1) is 0 Å². The molecule has 5 nitrogen and oxygen atoms in total. The molecule has 1 fully saturated rings. The molecular weight excluding hydrogens is 198 g/mol. The van der Waals surface area contributed by atoms with Crippen LogP contribution in [0.5, 0.6) is 0 Å². The van der Waals surface area contributed by atoms with E-state index in [1.165, 1.54) is 0 Å². The van der Waals surface area contributed by atoms with E-state index in [4.69, 9.17) is 5.11 Å². The molecule has 1 atom stereocenters. The predicted octanol–water partition coefficient (Wildman–Crippen LogP) is 0.000600. The van der Waals surface area contributed by atoms with Gasteiger partial charge < -0.3 is 15.1 Å². The van der Waals surface area contributed by atoms with Gasteiger partial charge in [0.05, 0.1) is 6.10 Å². The lowest BCUT2D eigenvalue weighted by Gasteiger charge is -2.17. The Bertz CT molecular complexity index is 275. The summed E-state index contributed by atoms with van der Waals surface area (Å²) in [5, 5.41) is 17.7. The lowest BCUT2D eigenvalue weighted by molar-refractivity contribution is -0.132. The van der Waals surface area contributed by atoms with Crippen molar-refractivity contribution in [1.29, 1.82) is 0 Å². The van der Waals surface area contributed by atoms with E-state index in [0.29, 0.717) is 25.9 Å². The van der Waals surface area contributed by atoms with Crippen LogP contribution in [0.15, 0.2) is 12.2 Å². The van der Waals surface area contributed by atoms with Crippen molar-refractivity contribution < 1.29 is 19.8 Å². The van der Waals surface area contributed by atoms with Crippen LogP contribution in [0.2, 0.25) is 0 Å². The molecule has 1 aliphatic heterocycles. The fourth-order valence-corrected chi connectivity index (χ4v) is 1.55. The van der Waals surface area contributed by atoms with Crippen LogP contribution in [0.25, 0.3) is 0 Å². The maximum Gasteiger partial charge on any atom is 0.328 e. The first-order chi connectivity index (χ1) is 7.09. The highest BCUT2D eigenvalue weighted by atomic mass is 16.4. The third kappa shape index (κ3) is 4.12. The number of aliphatic hydroxyl groups is 1. The molecule has 5 heteroatoms. The Morgan fingerprint density at radius 3 is 2.60 bits per heavy atom. The fourth-order valence-electron chi connectivity index (χ4n) is 1.55. The zero-order chi connectivity index (χ0) is 11.3. The van der Waals surface area contributed by atoms with Crippen LogP contribution in [0.4, 0.5) is 0 Å². The van der Waals surface area contributed by atoms with Crippen molar-refractivity contribution >= 4 is 11.9 Å². The number of carbonyl (C=O) groups is 2. The smallest absolute Gasteiger partial charge is 0.328 e. The van der Waals surface area contributed by atoms with Gasteiger partial charge in [-0.2, -0.15) is 0 Å². The van der Waals surface area contributed by atoms with Crippen molar-refractivity contribution in [3.8, 4) is 0 Å². The van der Waals surface area contributed by atoms with Gasteiger partial charge in [0.2, 0.25) is 5.91 Å². The summed E-state index contributed by atoms with van der Waals surface area (Å²) in [5.41, 5.74) is 0.